The summed E-state index contributed by atoms with van der Waals surface area (Å²) in [6.45, 7) is 1.69. The molecule has 1 saturated heterocycles. The van der Waals surface area contributed by atoms with E-state index in [1.165, 1.54) is 11.3 Å². The molecule has 0 radical (unpaired) electrons. The first kappa shape index (κ1) is 18.8. The smallest absolute Gasteiger partial charge is 0.316 e. The molecule has 1 aliphatic carbocycles. The summed E-state index contributed by atoms with van der Waals surface area (Å²) < 4.78 is 5.98. The number of nitrogens with zero attached hydrogens (tertiary/aromatic N) is 5. The molecule has 2 fully saturated rings. The predicted molar refractivity (Wildman–Crippen MR) is 113 cm³/mol. The first-order valence-corrected chi connectivity index (χ1v) is 10.6. The minimum Gasteiger partial charge on any atom is -0.460 e. The van der Waals surface area contributed by atoms with Crippen LogP contribution in [0.4, 0.5) is 0 Å². The molecule has 1 aromatic heterocycles. The molecular formula is C21H25ClN6O. The van der Waals surface area contributed by atoms with Crippen LogP contribution in [0.1, 0.15) is 25.7 Å². The lowest BCUT2D eigenvalue weighted by Crippen LogP contribution is -2.56. The highest BCUT2D eigenvalue weighted by Gasteiger charge is 2.55. The second-order valence-electron chi connectivity index (χ2n) is 8.24. The van der Waals surface area contributed by atoms with Gasteiger partial charge in [0.15, 0.2) is 0 Å². The minimum atomic E-state index is -0.270. The molecule has 4 heterocycles. The third-order valence-corrected chi connectivity index (χ3v) is 6.79. The van der Waals surface area contributed by atoms with Gasteiger partial charge in [0.2, 0.25) is 0 Å². The number of likely N-dealkylation sites (tertiary alicyclic amines) is 1. The number of hydrogen-bond acceptors (Lipinski definition) is 7. The van der Waals surface area contributed by atoms with Crippen LogP contribution in [-0.4, -0.2) is 59.1 Å². The molecule has 0 amide bonds. The highest BCUT2D eigenvalue weighted by Crippen LogP contribution is 2.47. The molecule has 1 spiro atoms. The number of rotatable bonds is 3. The normalized spacial score (nSPS) is 34.1. The summed E-state index contributed by atoms with van der Waals surface area (Å²) >= 11 is 6.36. The number of allylic oxidation sites excluding steroid dienone is 2. The standard InChI is InChI=1S/C21H25ClN6O/c1-28-12-15-9-16(22)10-23-13-21(15)18(28)11-26-27-19(21)14-3-5-17(6-4-14)29-20-24-7-2-8-25-20/h2,7-10,13-14,17-18,26H,3-6,11-12H2,1H3/t14?,17?,18-,21+/m1/s1. The number of aliphatic imine (C=N–C) groups is 1. The maximum Gasteiger partial charge on any atom is 0.316 e. The average Bonchev–Trinajstić information content (AvgIpc) is 2.91. The topological polar surface area (TPSA) is 75.0 Å². The van der Waals surface area contributed by atoms with Gasteiger partial charge < -0.3 is 10.2 Å². The quantitative estimate of drug-likeness (QED) is 0.826. The Balaban J connectivity index is 1.37. The zero-order valence-corrected chi connectivity index (χ0v) is 17.2. The molecule has 3 aliphatic heterocycles. The maximum absolute atomic E-state index is 6.36. The molecule has 0 bridgehead atoms. The Labute approximate surface area is 175 Å². The van der Waals surface area contributed by atoms with Crippen LogP contribution in [0.3, 0.4) is 0 Å². The molecule has 7 nitrogen and oxygen atoms in total. The Bertz CT molecular complexity index is 890. The summed E-state index contributed by atoms with van der Waals surface area (Å²) in [6.07, 6.45) is 13.5. The van der Waals surface area contributed by atoms with Crippen molar-refractivity contribution in [2.24, 2.45) is 21.4 Å². The Kier molecular flexibility index (Phi) is 4.87. The van der Waals surface area contributed by atoms with Gasteiger partial charge in [-0.25, -0.2) is 9.97 Å². The van der Waals surface area contributed by atoms with Crippen LogP contribution in [0.2, 0.25) is 0 Å². The highest BCUT2D eigenvalue weighted by molar-refractivity contribution is 6.31. The van der Waals surface area contributed by atoms with Gasteiger partial charge >= 0.3 is 6.01 Å². The highest BCUT2D eigenvalue weighted by atomic mass is 35.5. The lowest BCUT2D eigenvalue weighted by molar-refractivity contribution is 0.130. The van der Waals surface area contributed by atoms with Gasteiger partial charge in [0, 0.05) is 43.3 Å². The molecule has 0 unspecified atom stereocenters. The predicted octanol–water partition coefficient (Wildman–Crippen LogP) is 2.76. The zero-order chi connectivity index (χ0) is 19.8. The molecular weight excluding hydrogens is 388 g/mol. The van der Waals surface area contributed by atoms with E-state index in [-0.39, 0.29) is 11.5 Å². The number of nitrogens with one attached hydrogen (secondary N) is 1. The summed E-state index contributed by atoms with van der Waals surface area (Å²) in [4.78, 5) is 15.3. The SMILES string of the molecule is CN1CC2=CC(Cl)=CN=C[C@]23C(C2CCC(Oc4ncccn4)CC2)=NNC[C@@H]13. The molecule has 2 atom stereocenters. The van der Waals surface area contributed by atoms with E-state index in [0.717, 1.165) is 38.8 Å². The lowest BCUT2D eigenvalue weighted by atomic mass is 9.66. The van der Waals surface area contributed by atoms with E-state index < -0.39 is 0 Å². The molecule has 152 valence electrons. The van der Waals surface area contributed by atoms with Crippen molar-refractivity contribution < 1.29 is 4.74 Å². The molecule has 1 saturated carbocycles. The average molecular weight is 413 g/mol. The van der Waals surface area contributed by atoms with E-state index in [9.17, 15) is 0 Å². The van der Waals surface area contributed by atoms with Crippen molar-refractivity contribution in [2.75, 3.05) is 20.1 Å². The van der Waals surface area contributed by atoms with Crippen molar-refractivity contribution in [3.05, 3.63) is 41.3 Å². The van der Waals surface area contributed by atoms with Crippen LogP contribution >= 0.6 is 11.6 Å². The third kappa shape index (κ3) is 3.26. The molecule has 5 rings (SSSR count). The van der Waals surface area contributed by atoms with E-state index in [0.29, 0.717) is 23.0 Å². The van der Waals surface area contributed by atoms with Crippen LogP contribution in [-0.2, 0) is 0 Å². The van der Waals surface area contributed by atoms with Crippen molar-refractivity contribution in [1.29, 1.82) is 0 Å². The molecule has 0 aromatic carbocycles. The van der Waals surface area contributed by atoms with Gasteiger partial charge in [0.1, 0.15) is 6.10 Å². The van der Waals surface area contributed by atoms with Crippen LogP contribution in [0.15, 0.2) is 51.4 Å². The molecule has 4 aliphatic rings. The molecule has 29 heavy (non-hydrogen) atoms. The van der Waals surface area contributed by atoms with Crippen molar-refractivity contribution in [2.45, 2.75) is 37.8 Å². The Morgan fingerprint density at radius 1 is 1.21 bits per heavy atom. The number of ether oxygens (including phenoxy) is 1. The van der Waals surface area contributed by atoms with E-state index in [1.807, 2.05) is 0 Å². The van der Waals surface area contributed by atoms with E-state index in [2.05, 4.69) is 44.6 Å². The second-order valence-corrected chi connectivity index (χ2v) is 8.68. The molecule has 1 N–H and O–H groups in total. The van der Waals surface area contributed by atoms with Crippen molar-refractivity contribution in [3.63, 3.8) is 0 Å². The maximum atomic E-state index is 6.36. The fourth-order valence-corrected chi connectivity index (χ4v) is 5.43. The lowest BCUT2D eigenvalue weighted by Gasteiger charge is -2.43. The minimum absolute atomic E-state index is 0.152. The van der Waals surface area contributed by atoms with Crippen molar-refractivity contribution in [1.82, 2.24) is 20.3 Å². The Hall–Kier alpha value is -2.25. The Morgan fingerprint density at radius 3 is 2.79 bits per heavy atom. The second kappa shape index (κ2) is 7.54. The summed E-state index contributed by atoms with van der Waals surface area (Å²) in [5, 5.41) is 5.54. The summed E-state index contributed by atoms with van der Waals surface area (Å²) in [5.41, 5.74) is 5.52. The van der Waals surface area contributed by atoms with Gasteiger partial charge in [-0.2, -0.15) is 5.10 Å². The monoisotopic (exact) mass is 412 g/mol. The fraction of sp³-hybridized carbons (Fsp3) is 0.524. The number of hydrazone groups is 1. The van der Waals surface area contributed by atoms with Gasteiger partial charge in [0.25, 0.3) is 0 Å². The van der Waals surface area contributed by atoms with Gasteiger partial charge in [-0.15, -0.1) is 0 Å². The van der Waals surface area contributed by atoms with Crippen molar-refractivity contribution in [3.8, 4) is 6.01 Å². The van der Waals surface area contributed by atoms with Gasteiger partial charge in [-0.3, -0.25) is 9.89 Å². The van der Waals surface area contributed by atoms with Crippen LogP contribution in [0.25, 0.3) is 0 Å². The third-order valence-electron chi connectivity index (χ3n) is 6.58. The fourth-order valence-electron chi connectivity index (χ4n) is 5.24. The number of hydrogen-bond donors (Lipinski definition) is 1. The van der Waals surface area contributed by atoms with E-state index in [1.54, 1.807) is 24.7 Å². The van der Waals surface area contributed by atoms with Crippen LogP contribution in [0.5, 0.6) is 6.01 Å². The van der Waals surface area contributed by atoms with E-state index >= 15 is 0 Å². The number of aromatic nitrogens is 2. The van der Waals surface area contributed by atoms with Crippen LogP contribution < -0.4 is 10.2 Å². The van der Waals surface area contributed by atoms with Crippen LogP contribution in [0, 0.1) is 11.3 Å². The van der Waals surface area contributed by atoms with E-state index in [4.69, 9.17) is 21.4 Å². The summed E-state index contributed by atoms with van der Waals surface area (Å²) in [5.74, 6) is 0.389. The zero-order valence-electron chi connectivity index (χ0n) is 16.5. The first-order valence-electron chi connectivity index (χ1n) is 10.2. The van der Waals surface area contributed by atoms with Gasteiger partial charge in [0.05, 0.1) is 22.7 Å². The molecule has 8 heteroatoms. The first-order chi connectivity index (χ1) is 14.2. The molecule has 1 aromatic rings. The van der Waals surface area contributed by atoms with Gasteiger partial charge in [-0.05, 0) is 50.4 Å². The summed E-state index contributed by atoms with van der Waals surface area (Å²) in [7, 11) is 2.17. The number of halogens is 1. The van der Waals surface area contributed by atoms with Crippen molar-refractivity contribution >= 4 is 23.5 Å². The Morgan fingerprint density at radius 2 is 2.00 bits per heavy atom. The number of likely N-dealkylation sites (N-methyl/N-ethyl adjacent to an activating group) is 1. The van der Waals surface area contributed by atoms with Gasteiger partial charge in [-0.1, -0.05) is 11.6 Å². The largest absolute Gasteiger partial charge is 0.460 e. The summed E-state index contributed by atoms with van der Waals surface area (Å²) in [6, 6.07) is 2.56.